The van der Waals surface area contributed by atoms with Crippen LogP contribution in [0.25, 0.3) is 0 Å². The van der Waals surface area contributed by atoms with Gasteiger partial charge >= 0.3 is 5.97 Å². The molecule has 0 bridgehead atoms. The highest BCUT2D eigenvalue weighted by molar-refractivity contribution is 5.66. The van der Waals surface area contributed by atoms with Crippen LogP contribution in [0.2, 0.25) is 0 Å². The van der Waals surface area contributed by atoms with Crippen LogP contribution in [0.3, 0.4) is 0 Å². The maximum absolute atomic E-state index is 11.0. The van der Waals surface area contributed by atoms with E-state index in [0.29, 0.717) is 5.69 Å². The van der Waals surface area contributed by atoms with Crippen molar-refractivity contribution in [2.75, 3.05) is 0 Å². The smallest absolute Gasteiger partial charge is 0.303 e. The van der Waals surface area contributed by atoms with E-state index in [1.807, 2.05) is 0 Å². The van der Waals surface area contributed by atoms with Gasteiger partial charge in [-0.15, -0.1) is 0 Å². The van der Waals surface area contributed by atoms with E-state index in [-0.39, 0.29) is 5.97 Å². The van der Waals surface area contributed by atoms with E-state index in [9.17, 15) is 4.79 Å². The molecule has 16 heavy (non-hydrogen) atoms. The Morgan fingerprint density at radius 2 is 2.38 bits per heavy atom. The van der Waals surface area contributed by atoms with Crippen LogP contribution < -0.4 is 0 Å². The Bertz CT molecular complexity index is 405. The monoisotopic (exact) mass is 218 g/mol. The number of imidazole rings is 1. The number of hydrogen-bond acceptors (Lipinski definition) is 3. The van der Waals surface area contributed by atoms with Gasteiger partial charge in [0.15, 0.2) is 6.10 Å². The van der Waals surface area contributed by atoms with Crippen molar-refractivity contribution in [2.45, 2.75) is 13.0 Å². The number of nitrogens with zero attached hydrogens (tertiary/aromatic N) is 1. The summed E-state index contributed by atoms with van der Waals surface area (Å²) in [6.45, 7) is 8.64. The maximum Gasteiger partial charge on any atom is 0.303 e. The van der Waals surface area contributed by atoms with Gasteiger partial charge in [0.05, 0.1) is 18.2 Å². The number of aromatic amines is 1. The second kappa shape index (κ2) is 5.70. The number of hydrogen-bond donors (Lipinski definition) is 1. The van der Waals surface area contributed by atoms with Crippen molar-refractivity contribution in [3.8, 4) is 0 Å². The summed E-state index contributed by atoms with van der Waals surface area (Å²) in [4.78, 5) is 17.8. The van der Waals surface area contributed by atoms with Crippen LogP contribution >= 0.6 is 0 Å². The number of esters is 1. The minimum atomic E-state index is -0.518. The second-order valence-electron chi connectivity index (χ2n) is 3.10. The van der Waals surface area contributed by atoms with Gasteiger partial charge in [-0.1, -0.05) is 31.4 Å². The number of rotatable bonds is 5. The summed E-state index contributed by atoms with van der Waals surface area (Å²) in [6, 6.07) is 0. The third-order valence-corrected chi connectivity index (χ3v) is 1.93. The Morgan fingerprint density at radius 3 is 2.81 bits per heavy atom. The van der Waals surface area contributed by atoms with Gasteiger partial charge in [0.1, 0.15) is 0 Å². The van der Waals surface area contributed by atoms with Gasteiger partial charge in [-0.05, 0) is 5.57 Å². The van der Waals surface area contributed by atoms with E-state index in [4.69, 9.17) is 4.74 Å². The molecule has 1 aromatic heterocycles. The summed E-state index contributed by atoms with van der Waals surface area (Å²) >= 11 is 0. The van der Waals surface area contributed by atoms with Crippen LogP contribution in [0, 0.1) is 0 Å². The van der Waals surface area contributed by atoms with E-state index >= 15 is 0 Å². The van der Waals surface area contributed by atoms with Gasteiger partial charge in [0.25, 0.3) is 0 Å². The van der Waals surface area contributed by atoms with Gasteiger partial charge in [0.2, 0.25) is 0 Å². The van der Waals surface area contributed by atoms with Gasteiger partial charge in [-0.3, -0.25) is 4.79 Å². The van der Waals surface area contributed by atoms with Crippen molar-refractivity contribution >= 4 is 5.97 Å². The molecule has 0 aliphatic rings. The standard InChI is InChI=1S/C12H14N2O2/c1-4-6-10(5-2)12(16-9(3)15)11-7-13-8-14-11/h4-8,12H,1-2H2,3H3,(H,13,14)/b10-6+. The van der Waals surface area contributed by atoms with E-state index in [2.05, 4.69) is 23.1 Å². The number of nitrogens with one attached hydrogen (secondary N) is 1. The number of allylic oxidation sites excluding steroid dienone is 2. The summed E-state index contributed by atoms with van der Waals surface area (Å²) in [5.74, 6) is -0.364. The zero-order chi connectivity index (χ0) is 12.0. The highest BCUT2D eigenvalue weighted by atomic mass is 16.5. The maximum atomic E-state index is 11.0. The third-order valence-electron chi connectivity index (χ3n) is 1.93. The number of H-pyrrole nitrogens is 1. The summed E-state index contributed by atoms with van der Waals surface area (Å²) in [7, 11) is 0. The van der Waals surface area contributed by atoms with E-state index in [0.717, 1.165) is 5.57 Å². The zero-order valence-electron chi connectivity index (χ0n) is 9.14. The SMILES string of the molecule is C=C/C=C(\C=C)C(OC(C)=O)c1cnc[nH]1. The molecule has 1 N–H and O–H groups in total. The van der Waals surface area contributed by atoms with Crippen molar-refractivity contribution in [2.24, 2.45) is 0 Å². The third kappa shape index (κ3) is 2.95. The lowest BCUT2D eigenvalue weighted by atomic mass is 10.1. The van der Waals surface area contributed by atoms with Crippen LogP contribution in [0.5, 0.6) is 0 Å². The summed E-state index contributed by atoms with van der Waals surface area (Å²) in [5.41, 5.74) is 1.44. The fourth-order valence-electron chi connectivity index (χ4n) is 1.29. The van der Waals surface area contributed by atoms with Crippen LogP contribution in [0.4, 0.5) is 0 Å². The molecule has 0 amide bonds. The topological polar surface area (TPSA) is 55.0 Å². The van der Waals surface area contributed by atoms with Crippen LogP contribution in [0.1, 0.15) is 18.7 Å². The Labute approximate surface area is 94.4 Å². The first kappa shape index (κ1) is 12.0. The average Bonchev–Trinajstić information content (AvgIpc) is 2.76. The fourth-order valence-corrected chi connectivity index (χ4v) is 1.29. The summed E-state index contributed by atoms with van der Waals surface area (Å²) in [5, 5.41) is 0. The highest BCUT2D eigenvalue weighted by Gasteiger charge is 2.18. The Morgan fingerprint density at radius 1 is 1.62 bits per heavy atom. The average molecular weight is 218 g/mol. The predicted octanol–water partition coefficient (Wildman–Crippen LogP) is 2.31. The lowest BCUT2D eigenvalue weighted by Crippen LogP contribution is -2.10. The van der Waals surface area contributed by atoms with Crippen LogP contribution in [0.15, 0.2) is 49.5 Å². The van der Waals surface area contributed by atoms with Crippen molar-refractivity contribution in [1.82, 2.24) is 9.97 Å². The molecule has 1 rings (SSSR count). The Hall–Kier alpha value is -2.10. The molecule has 0 radical (unpaired) electrons. The zero-order valence-corrected chi connectivity index (χ0v) is 9.14. The molecular formula is C12H14N2O2. The highest BCUT2D eigenvalue weighted by Crippen LogP contribution is 2.24. The van der Waals surface area contributed by atoms with Crippen LogP contribution in [-0.2, 0) is 9.53 Å². The number of aromatic nitrogens is 2. The van der Waals surface area contributed by atoms with E-state index in [1.54, 1.807) is 24.4 Å². The summed E-state index contributed by atoms with van der Waals surface area (Å²) < 4.78 is 5.20. The minimum Gasteiger partial charge on any atom is -0.451 e. The quantitative estimate of drug-likeness (QED) is 0.609. The molecule has 1 aromatic rings. The fraction of sp³-hybridized carbons (Fsp3) is 0.167. The minimum absolute atomic E-state index is 0.364. The van der Waals surface area contributed by atoms with E-state index in [1.165, 1.54) is 13.3 Å². The largest absolute Gasteiger partial charge is 0.451 e. The number of carbonyl (C=O) groups excluding carboxylic acids is 1. The van der Waals surface area contributed by atoms with Crippen LogP contribution in [-0.4, -0.2) is 15.9 Å². The first-order valence-electron chi connectivity index (χ1n) is 4.79. The molecule has 0 aliphatic heterocycles. The molecule has 4 nitrogen and oxygen atoms in total. The molecule has 1 atom stereocenters. The molecule has 4 heteroatoms. The summed E-state index contributed by atoms with van der Waals surface area (Å²) in [6.07, 6.45) is 7.59. The van der Waals surface area contributed by atoms with Gasteiger partial charge in [0, 0.05) is 6.92 Å². The Balaban J connectivity index is 3.04. The van der Waals surface area contributed by atoms with Crippen molar-refractivity contribution in [3.05, 3.63) is 55.2 Å². The van der Waals surface area contributed by atoms with Crippen molar-refractivity contribution < 1.29 is 9.53 Å². The molecule has 0 spiro atoms. The molecule has 1 heterocycles. The number of carbonyl (C=O) groups is 1. The molecule has 1 unspecified atom stereocenters. The normalized spacial score (nSPS) is 12.9. The molecule has 0 aliphatic carbocycles. The lowest BCUT2D eigenvalue weighted by molar-refractivity contribution is -0.144. The van der Waals surface area contributed by atoms with Gasteiger partial charge in [-0.25, -0.2) is 4.98 Å². The number of ether oxygens (including phenoxy) is 1. The van der Waals surface area contributed by atoms with E-state index < -0.39 is 6.10 Å². The van der Waals surface area contributed by atoms with Gasteiger partial charge in [-0.2, -0.15) is 0 Å². The molecule has 0 fully saturated rings. The molecular weight excluding hydrogens is 204 g/mol. The van der Waals surface area contributed by atoms with Crippen molar-refractivity contribution in [3.63, 3.8) is 0 Å². The molecule has 0 aromatic carbocycles. The first-order valence-corrected chi connectivity index (χ1v) is 4.79. The lowest BCUT2D eigenvalue weighted by Gasteiger charge is -2.16. The molecule has 84 valence electrons. The second-order valence-corrected chi connectivity index (χ2v) is 3.10. The predicted molar refractivity (Wildman–Crippen MR) is 61.6 cm³/mol. The molecule has 0 saturated carbocycles. The van der Waals surface area contributed by atoms with Gasteiger partial charge < -0.3 is 9.72 Å². The molecule has 0 saturated heterocycles. The first-order chi connectivity index (χ1) is 7.69. The Kier molecular flexibility index (Phi) is 4.27. The van der Waals surface area contributed by atoms with Crippen molar-refractivity contribution in [1.29, 1.82) is 0 Å².